The van der Waals surface area contributed by atoms with Crippen LogP contribution in [0.3, 0.4) is 0 Å². The van der Waals surface area contributed by atoms with Gasteiger partial charge in [-0.1, -0.05) is 27.7 Å². The van der Waals surface area contributed by atoms with Crippen LogP contribution in [0.2, 0.25) is 0 Å². The number of carbonyl (C=O) groups is 1. The Morgan fingerprint density at radius 3 is 2.38 bits per heavy atom. The van der Waals surface area contributed by atoms with E-state index < -0.39 is 0 Å². The van der Waals surface area contributed by atoms with Crippen LogP contribution in [0.25, 0.3) is 0 Å². The predicted octanol–water partition coefficient (Wildman–Crippen LogP) is 4.91. The molecule has 6 nitrogen and oxygen atoms in total. The van der Waals surface area contributed by atoms with Gasteiger partial charge >= 0.3 is 0 Å². The molecule has 1 heterocycles. The van der Waals surface area contributed by atoms with Gasteiger partial charge in [0.25, 0.3) is 0 Å². The maximum atomic E-state index is 12.7. The first kappa shape index (κ1) is 22.8. The molecule has 0 radical (unpaired) electrons. The molecule has 0 aliphatic rings. The molecule has 2 rings (SSSR count). The zero-order valence-corrected chi connectivity index (χ0v) is 18.7. The second-order valence-corrected chi connectivity index (χ2v) is 7.81. The molecule has 0 aliphatic heterocycles. The van der Waals surface area contributed by atoms with Crippen LogP contribution in [-0.2, 0) is 17.8 Å². The summed E-state index contributed by atoms with van der Waals surface area (Å²) in [6, 6.07) is 5.54. The molecule has 160 valence electrons. The minimum atomic E-state index is -0.0658. The number of nitrogens with zero attached hydrogens (tertiary/aromatic N) is 2. The molecule has 0 saturated heterocycles. The Bertz CT molecular complexity index is 812. The Labute approximate surface area is 174 Å². The number of benzene rings is 1. The Balaban J connectivity index is 2.11. The van der Waals surface area contributed by atoms with Gasteiger partial charge in [0.1, 0.15) is 0 Å². The number of rotatable bonds is 11. The Morgan fingerprint density at radius 2 is 1.76 bits per heavy atom. The molecular formula is C23H35N3O3. The third-order valence-corrected chi connectivity index (χ3v) is 4.56. The van der Waals surface area contributed by atoms with E-state index >= 15 is 0 Å². The molecule has 1 N–H and O–H groups in total. The summed E-state index contributed by atoms with van der Waals surface area (Å²) in [7, 11) is 0. The summed E-state index contributed by atoms with van der Waals surface area (Å²) in [4.78, 5) is 12.7. The fourth-order valence-corrected chi connectivity index (χ4v) is 3.12. The Hall–Kier alpha value is -2.50. The summed E-state index contributed by atoms with van der Waals surface area (Å²) in [6.07, 6.45) is 2.13. The first-order chi connectivity index (χ1) is 13.8. The number of nitrogens with one attached hydrogen (secondary N) is 1. The second kappa shape index (κ2) is 10.9. The number of hydrogen-bond acceptors (Lipinski definition) is 4. The van der Waals surface area contributed by atoms with Gasteiger partial charge in [0.05, 0.1) is 25.3 Å². The predicted molar refractivity (Wildman–Crippen MR) is 117 cm³/mol. The summed E-state index contributed by atoms with van der Waals surface area (Å²) in [5.41, 5.74) is 3.67. The summed E-state index contributed by atoms with van der Waals surface area (Å²) < 4.78 is 13.6. The number of anilines is 1. The van der Waals surface area contributed by atoms with Gasteiger partial charge in [-0.2, -0.15) is 5.10 Å². The van der Waals surface area contributed by atoms with Crippen molar-refractivity contribution < 1.29 is 14.3 Å². The molecule has 0 fully saturated rings. The van der Waals surface area contributed by atoms with Crippen molar-refractivity contribution in [1.29, 1.82) is 0 Å². The highest BCUT2D eigenvalue weighted by Crippen LogP contribution is 2.31. The lowest BCUT2D eigenvalue weighted by Crippen LogP contribution is -2.16. The van der Waals surface area contributed by atoms with E-state index in [2.05, 4.69) is 38.1 Å². The average Bonchev–Trinajstić information content (AvgIpc) is 2.92. The van der Waals surface area contributed by atoms with E-state index in [1.54, 1.807) is 0 Å². The van der Waals surface area contributed by atoms with Crippen molar-refractivity contribution >= 4 is 11.6 Å². The van der Waals surface area contributed by atoms with Crippen molar-refractivity contribution in [2.75, 3.05) is 18.5 Å². The third kappa shape index (κ3) is 6.51. The van der Waals surface area contributed by atoms with Crippen LogP contribution in [0, 0.1) is 19.8 Å². The lowest BCUT2D eigenvalue weighted by Gasteiger charge is -2.14. The molecular weight excluding hydrogens is 366 g/mol. The fraction of sp³-hybridized carbons (Fsp3) is 0.565. The van der Waals surface area contributed by atoms with Crippen LogP contribution in [-0.4, -0.2) is 28.9 Å². The Morgan fingerprint density at radius 1 is 1.10 bits per heavy atom. The molecule has 0 aliphatic carbocycles. The van der Waals surface area contributed by atoms with Crippen molar-refractivity contribution in [2.45, 2.75) is 67.3 Å². The van der Waals surface area contributed by atoms with Gasteiger partial charge in [0, 0.05) is 29.6 Å². The minimum absolute atomic E-state index is 0.0658. The van der Waals surface area contributed by atoms with Gasteiger partial charge in [0.15, 0.2) is 11.5 Å². The number of aryl methyl sites for hydroxylation is 1. The largest absolute Gasteiger partial charge is 0.490 e. The van der Waals surface area contributed by atoms with Crippen LogP contribution < -0.4 is 14.8 Å². The van der Waals surface area contributed by atoms with Gasteiger partial charge in [-0.15, -0.1) is 0 Å². The van der Waals surface area contributed by atoms with Crippen molar-refractivity contribution in [3.05, 3.63) is 35.2 Å². The highest BCUT2D eigenvalue weighted by molar-refractivity contribution is 5.92. The van der Waals surface area contributed by atoms with E-state index in [0.29, 0.717) is 42.7 Å². The number of amides is 1. The lowest BCUT2D eigenvalue weighted by atomic mass is 10.1. The molecule has 1 amide bonds. The second-order valence-electron chi connectivity index (χ2n) is 7.81. The van der Waals surface area contributed by atoms with Gasteiger partial charge in [-0.3, -0.25) is 9.48 Å². The molecule has 0 atom stereocenters. The van der Waals surface area contributed by atoms with Crippen LogP contribution in [0.1, 0.15) is 57.5 Å². The van der Waals surface area contributed by atoms with Crippen molar-refractivity contribution in [2.24, 2.45) is 5.92 Å². The van der Waals surface area contributed by atoms with Crippen molar-refractivity contribution in [3.8, 4) is 11.5 Å². The monoisotopic (exact) mass is 401 g/mol. The van der Waals surface area contributed by atoms with Crippen LogP contribution in [0.4, 0.5) is 5.69 Å². The van der Waals surface area contributed by atoms with Crippen molar-refractivity contribution in [3.63, 3.8) is 0 Å². The summed E-state index contributed by atoms with van der Waals surface area (Å²) >= 11 is 0. The summed E-state index contributed by atoms with van der Waals surface area (Å²) in [5, 5.41) is 7.58. The lowest BCUT2D eigenvalue weighted by molar-refractivity contribution is -0.115. The number of ether oxygens (including phenoxy) is 2. The first-order valence-corrected chi connectivity index (χ1v) is 10.6. The third-order valence-electron chi connectivity index (χ3n) is 4.56. The number of aromatic nitrogens is 2. The molecule has 0 unspecified atom stereocenters. The maximum absolute atomic E-state index is 12.7. The SMILES string of the molecule is CCCOc1ccc(NC(=O)Cc2c(C)nn(CC(C)C)c2C)cc1OCCC. The van der Waals surface area contributed by atoms with E-state index in [-0.39, 0.29) is 5.91 Å². The maximum Gasteiger partial charge on any atom is 0.228 e. The zero-order valence-electron chi connectivity index (χ0n) is 18.7. The summed E-state index contributed by atoms with van der Waals surface area (Å²) in [5.74, 6) is 1.81. The van der Waals surface area contributed by atoms with Crippen molar-refractivity contribution in [1.82, 2.24) is 9.78 Å². The molecule has 1 aromatic carbocycles. The van der Waals surface area contributed by atoms with E-state index in [9.17, 15) is 4.79 Å². The van der Waals surface area contributed by atoms with Gasteiger partial charge in [0.2, 0.25) is 5.91 Å². The molecule has 2 aromatic rings. The van der Waals surface area contributed by atoms with Crippen LogP contribution in [0.15, 0.2) is 18.2 Å². The van der Waals surface area contributed by atoms with Crippen LogP contribution >= 0.6 is 0 Å². The van der Waals surface area contributed by atoms with E-state index in [1.807, 2.05) is 36.7 Å². The number of hydrogen-bond donors (Lipinski definition) is 1. The van der Waals surface area contributed by atoms with Gasteiger partial charge in [-0.05, 0) is 44.7 Å². The quantitative estimate of drug-likeness (QED) is 0.581. The highest BCUT2D eigenvalue weighted by Gasteiger charge is 2.16. The van der Waals surface area contributed by atoms with Gasteiger partial charge in [-0.25, -0.2) is 0 Å². The smallest absolute Gasteiger partial charge is 0.228 e. The molecule has 1 aromatic heterocycles. The minimum Gasteiger partial charge on any atom is -0.490 e. The van der Waals surface area contributed by atoms with E-state index in [1.165, 1.54) is 0 Å². The van der Waals surface area contributed by atoms with E-state index in [4.69, 9.17) is 9.47 Å². The summed E-state index contributed by atoms with van der Waals surface area (Å²) in [6.45, 7) is 14.5. The molecule has 6 heteroatoms. The normalized spacial score (nSPS) is 11.0. The number of carbonyl (C=O) groups excluding carboxylic acids is 1. The molecule has 0 bridgehead atoms. The standard InChI is InChI=1S/C23H35N3O3/c1-7-11-28-21-10-9-19(13-22(21)29-12-8-2)24-23(27)14-20-17(5)25-26(18(20)6)15-16(3)4/h9-10,13,16H,7-8,11-12,14-15H2,1-6H3,(H,24,27). The average molecular weight is 402 g/mol. The highest BCUT2D eigenvalue weighted by atomic mass is 16.5. The molecule has 29 heavy (non-hydrogen) atoms. The topological polar surface area (TPSA) is 65.4 Å². The van der Waals surface area contributed by atoms with Gasteiger partial charge < -0.3 is 14.8 Å². The zero-order chi connectivity index (χ0) is 21.4. The van der Waals surface area contributed by atoms with E-state index in [0.717, 1.165) is 36.3 Å². The Kier molecular flexibility index (Phi) is 8.55. The van der Waals surface area contributed by atoms with Crippen LogP contribution in [0.5, 0.6) is 11.5 Å². The first-order valence-electron chi connectivity index (χ1n) is 10.6. The molecule has 0 saturated carbocycles. The molecule has 0 spiro atoms. The fourth-order valence-electron chi connectivity index (χ4n) is 3.12.